The smallest absolute Gasteiger partial charge is 0.236 e. The van der Waals surface area contributed by atoms with Crippen molar-refractivity contribution in [3.63, 3.8) is 0 Å². The first kappa shape index (κ1) is 13.2. The maximum atomic E-state index is 12.6. The molecule has 2 aliphatic rings. The van der Waals surface area contributed by atoms with Gasteiger partial charge in [0, 0.05) is 13.1 Å². The summed E-state index contributed by atoms with van der Waals surface area (Å²) in [5.41, 5.74) is 5.02. The maximum absolute atomic E-state index is 12.6. The molecule has 18 heavy (non-hydrogen) atoms. The van der Waals surface area contributed by atoms with E-state index in [1.165, 1.54) is 19.3 Å². The molecule has 2 saturated carbocycles. The monoisotopic (exact) mass is 253 g/mol. The fraction of sp³-hybridized carbons (Fsp3) is 0.846. The van der Waals surface area contributed by atoms with E-state index in [1.807, 2.05) is 11.8 Å². The number of hydrogen-bond acceptors (Lipinski definition) is 3. The number of carbonyl (C=O) groups is 1. The molecule has 2 fully saturated rings. The van der Waals surface area contributed by atoms with Gasteiger partial charge in [-0.3, -0.25) is 4.79 Å². The van der Waals surface area contributed by atoms with Crippen LogP contribution in [0.4, 0.5) is 0 Å². The Morgan fingerprint density at radius 3 is 2.44 bits per heavy atom. The van der Waals surface area contributed by atoms with E-state index < -0.39 is 5.41 Å². The summed E-state index contributed by atoms with van der Waals surface area (Å²) in [6.07, 6.45) is 6.12. The summed E-state index contributed by atoms with van der Waals surface area (Å²) in [5, 5.41) is 12.0. The fourth-order valence-electron chi connectivity index (χ4n) is 2.85. The molecule has 5 heteroatoms. The largest absolute Gasteiger partial charge is 0.409 e. The Balaban J connectivity index is 2.06. The van der Waals surface area contributed by atoms with E-state index in [1.54, 1.807) is 0 Å². The summed E-state index contributed by atoms with van der Waals surface area (Å²) in [4.78, 5) is 14.5. The highest BCUT2D eigenvalue weighted by Gasteiger charge is 2.50. The van der Waals surface area contributed by atoms with Crippen molar-refractivity contribution in [3.05, 3.63) is 0 Å². The van der Waals surface area contributed by atoms with Crippen LogP contribution in [-0.2, 0) is 4.79 Å². The second-order valence-corrected chi connectivity index (χ2v) is 5.56. The molecule has 2 aliphatic carbocycles. The Kier molecular flexibility index (Phi) is 3.78. The van der Waals surface area contributed by atoms with Gasteiger partial charge in [0.25, 0.3) is 0 Å². The van der Waals surface area contributed by atoms with Crippen molar-refractivity contribution in [1.82, 2.24) is 4.90 Å². The zero-order valence-electron chi connectivity index (χ0n) is 11.1. The van der Waals surface area contributed by atoms with Gasteiger partial charge >= 0.3 is 0 Å². The number of nitrogens with two attached hydrogens (primary N) is 1. The summed E-state index contributed by atoms with van der Waals surface area (Å²) < 4.78 is 0. The van der Waals surface area contributed by atoms with Gasteiger partial charge in [-0.1, -0.05) is 18.0 Å². The SMILES string of the molecule is CCN(CC1CCC1)C(=O)C1(C(N)=NO)CCC1. The van der Waals surface area contributed by atoms with Gasteiger partial charge in [-0.05, 0) is 38.5 Å². The lowest BCUT2D eigenvalue weighted by molar-refractivity contribution is -0.143. The molecule has 0 aliphatic heterocycles. The van der Waals surface area contributed by atoms with Crippen LogP contribution in [0.25, 0.3) is 0 Å². The Morgan fingerprint density at radius 2 is 2.11 bits per heavy atom. The van der Waals surface area contributed by atoms with Gasteiger partial charge in [0.15, 0.2) is 5.84 Å². The van der Waals surface area contributed by atoms with Crippen LogP contribution in [0.2, 0.25) is 0 Å². The highest BCUT2D eigenvalue weighted by atomic mass is 16.4. The van der Waals surface area contributed by atoms with Gasteiger partial charge < -0.3 is 15.8 Å². The molecule has 0 aromatic rings. The summed E-state index contributed by atoms with van der Waals surface area (Å²) in [5.74, 6) is 0.794. The molecular formula is C13H23N3O2. The summed E-state index contributed by atoms with van der Waals surface area (Å²) >= 11 is 0. The first-order valence-electron chi connectivity index (χ1n) is 6.91. The molecule has 5 nitrogen and oxygen atoms in total. The molecule has 0 unspecified atom stereocenters. The minimum absolute atomic E-state index is 0.0541. The standard InChI is InChI=1S/C13H23N3O2/c1-2-16(9-10-5-3-6-10)12(17)13(7-4-8-13)11(14)15-18/h10,18H,2-9H2,1H3,(H2,14,15). The van der Waals surface area contributed by atoms with Crippen LogP contribution in [0.3, 0.4) is 0 Å². The maximum Gasteiger partial charge on any atom is 0.236 e. The van der Waals surface area contributed by atoms with Crippen molar-refractivity contribution in [2.24, 2.45) is 22.2 Å². The van der Waals surface area contributed by atoms with Crippen LogP contribution in [0.15, 0.2) is 5.16 Å². The number of carbonyl (C=O) groups excluding carboxylic acids is 1. The van der Waals surface area contributed by atoms with E-state index in [9.17, 15) is 4.79 Å². The average Bonchev–Trinajstić information content (AvgIpc) is 2.25. The lowest BCUT2D eigenvalue weighted by Crippen LogP contribution is -2.56. The highest BCUT2D eigenvalue weighted by molar-refractivity contribution is 6.07. The zero-order valence-corrected chi connectivity index (χ0v) is 11.1. The van der Waals surface area contributed by atoms with Crippen LogP contribution < -0.4 is 5.73 Å². The van der Waals surface area contributed by atoms with E-state index in [0.717, 1.165) is 13.0 Å². The summed E-state index contributed by atoms with van der Waals surface area (Å²) in [6.45, 7) is 3.53. The van der Waals surface area contributed by atoms with Gasteiger partial charge in [0.05, 0.1) is 0 Å². The third kappa shape index (κ3) is 2.06. The molecule has 1 amide bonds. The van der Waals surface area contributed by atoms with Crippen LogP contribution in [0.5, 0.6) is 0 Å². The Bertz CT molecular complexity index is 346. The molecule has 0 aromatic heterocycles. The first-order chi connectivity index (χ1) is 8.64. The molecule has 0 atom stereocenters. The summed E-state index contributed by atoms with van der Waals surface area (Å²) in [7, 11) is 0. The zero-order chi connectivity index (χ0) is 13.2. The van der Waals surface area contributed by atoms with Crippen LogP contribution >= 0.6 is 0 Å². The number of nitrogens with zero attached hydrogens (tertiary/aromatic N) is 2. The number of rotatable bonds is 5. The second-order valence-electron chi connectivity index (χ2n) is 5.56. The molecule has 0 radical (unpaired) electrons. The molecule has 0 bridgehead atoms. The van der Waals surface area contributed by atoms with Gasteiger partial charge in [-0.2, -0.15) is 0 Å². The lowest BCUT2D eigenvalue weighted by Gasteiger charge is -2.43. The average molecular weight is 253 g/mol. The third-order valence-electron chi connectivity index (χ3n) is 4.59. The van der Waals surface area contributed by atoms with E-state index in [-0.39, 0.29) is 11.7 Å². The number of hydrogen-bond donors (Lipinski definition) is 2. The predicted molar refractivity (Wildman–Crippen MR) is 69.3 cm³/mol. The molecular weight excluding hydrogens is 230 g/mol. The molecule has 0 aromatic carbocycles. The van der Waals surface area contributed by atoms with Crippen LogP contribution in [-0.4, -0.2) is 34.9 Å². The van der Waals surface area contributed by atoms with E-state index in [2.05, 4.69) is 5.16 Å². The van der Waals surface area contributed by atoms with Crippen molar-refractivity contribution in [2.45, 2.75) is 45.4 Å². The minimum Gasteiger partial charge on any atom is -0.409 e. The minimum atomic E-state index is -0.714. The quantitative estimate of drug-likeness (QED) is 0.338. The number of amidine groups is 1. The van der Waals surface area contributed by atoms with E-state index >= 15 is 0 Å². The topological polar surface area (TPSA) is 78.9 Å². The first-order valence-corrected chi connectivity index (χ1v) is 6.91. The van der Waals surface area contributed by atoms with Gasteiger partial charge in [-0.15, -0.1) is 0 Å². The molecule has 102 valence electrons. The van der Waals surface area contributed by atoms with Crippen molar-refractivity contribution in [1.29, 1.82) is 0 Å². The summed E-state index contributed by atoms with van der Waals surface area (Å²) in [6, 6.07) is 0. The second kappa shape index (κ2) is 5.16. The highest BCUT2D eigenvalue weighted by Crippen LogP contribution is 2.43. The number of amides is 1. The van der Waals surface area contributed by atoms with Crippen LogP contribution in [0.1, 0.15) is 45.4 Å². The Morgan fingerprint density at radius 1 is 1.44 bits per heavy atom. The van der Waals surface area contributed by atoms with E-state index in [0.29, 0.717) is 25.3 Å². The molecule has 2 rings (SSSR count). The lowest BCUT2D eigenvalue weighted by atomic mass is 9.66. The molecule has 0 heterocycles. The molecule has 0 spiro atoms. The fourth-order valence-corrected chi connectivity index (χ4v) is 2.85. The van der Waals surface area contributed by atoms with Crippen molar-refractivity contribution >= 4 is 11.7 Å². The molecule has 3 N–H and O–H groups in total. The molecule has 0 saturated heterocycles. The van der Waals surface area contributed by atoms with Crippen molar-refractivity contribution in [3.8, 4) is 0 Å². The van der Waals surface area contributed by atoms with Crippen molar-refractivity contribution < 1.29 is 10.0 Å². The predicted octanol–water partition coefficient (Wildman–Crippen LogP) is 1.55. The van der Waals surface area contributed by atoms with Gasteiger partial charge in [0.2, 0.25) is 5.91 Å². The number of oxime groups is 1. The Hall–Kier alpha value is -1.26. The Labute approximate surface area is 108 Å². The van der Waals surface area contributed by atoms with E-state index in [4.69, 9.17) is 10.9 Å². The van der Waals surface area contributed by atoms with Crippen LogP contribution in [0, 0.1) is 11.3 Å². The van der Waals surface area contributed by atoms with Gasteiger partial charge in [0.1, 0.15) is 5.41 Å². The van der Waals surface area contributed by atoms with Gasteiger partial charge in [-0.25, -0.2) is 0 Å². The van der Waals surface area contributed by atoms with Crippen molar-refractivity contribution in [2.75, 3.05) is 13.1 Å². The normalized spacial score (nSPS) is 23.1. The third-order valence-corrected chi connectivity index (χ3v) is 4.59.